The molecule has 3 nitrogen and oxygen atoms in total. The van der Waals surface area contributed by atoms with E-state index in [0.717, 1.165) is 17.4 Å². The molecule has 0 aliphatic carbocycles. The summed E-state index contributed by atoms with van der Waals surface area (Å²) in [5, 5.41) is 1.15. The van der Waals surface area contributed by atoms with Gasteiger partial charge >= 0.3 is 30.2 Å². The Balaban J connectivity index is 3.32. The molecule has 0 radical (unpaired) electrons. The largest absolute Gasteiger partial charge is 0.462 e. The fourth-order valence-corrected chi connectivity index (χ4v) is 1.67. The summed E-state index contributed by atoms with van der Waals surface area (Å²) in [5.41, 5.74) is 0.297. The second kappa shape index (κ2) is 7.04. The molecule has 0 saturated carbocycles. The number of ether oxygens (including phenoxy) is 1. The molecule has 1 aromatic rings. The Kier molecular flexibility index (Phi) is 6.02. The van der Waals surface area contributed by atoms with E-state index >= 15 is 0 Å². The van der Waals surface area contributed by atoms with Crippen LogP contribution >= 0.6 is 0 Å². The number of carbonyl (C=O) groups excluding carboxylic acids is 1. The molecular weight excluding hydrogens is 423 g/mol. The SMILES string of the molecule is Cc1ccc(NC(=O)[C@@](F)(OC(F)(F)C(F)(F)C(F)(F)F)C(F)(F)F)cc1C. The standard InChI is InChI=1S/C14H10F11NO2/c1-6-3-4-8(5-7(6)2)26-9(27)10(15,12(18,19)20)28-14(24,25)11(16,17)13(21,22)23/h3-5H,1-2H3,(H,26,27)/t10-/m1/s1. The molecular formula is C14H10F11NO2. The smallest absolute Gasteiger partial charge is 0.321 e. The van der Waals surface area contributed by atoms with Gasteiger partial charge in [-0.3, -0.25) is 9.53 Å². The van der Waals surface area contributed by atoms with Crippen molar-refractivity contribution in [2.45, 2.75) is 44.1 Å². The van der Waals surface area contributed by atoms with E-state index < -0.39 is 41.8 Å². The topological polar surface area (TPSA) is 38.3 Å². The Morgan fingerprint density at radius 1 is 0.821 bits per heavy atom. The van der Waals surface area contributed by atoms with Crippen molar-refractivity contribution >= 4 is 11.6 Å². The molecule has 1 amide bonds. The van der Waals surface area contributed by atoms with Gasteiger partial charge in [0.15, 0.2) is 0 Å². The lowest BCUT2D eigenvalue weighted by Crippen LogP contribution is -2.62. The molecule has 0 unspecified atom stereocenters. The van der Waals surface area contributed by atoms with Crippen molar-refractivity contribution in [3.05, 3.63) is 29.3 Å². The molecule has 0 fully saturated rings. The Hall–Kier alpha value is -2.12. The summed E-state index contributed by atoms with van der Waals surface area (Å²) in [7, 11) is 0. The van der Waals surface area contributed by atoms with E-state index in [2.05, 4.69) is 4.74 Å². The van der Waals surface area contributed by atoms with E-state index in [9.17, 15) is 53.1 Å². The van der Waals surface area contributed by atoms with Crippen LogP contribution in [-0.2, 0) is 9.53 Å². The number of hydrogen-bond acceptors (Lipinski definition) is 2. The first-order valence-corrected chi connectivity index (χ1v) is 6.93. The van der Waals surface area contributed by atoms with Gasteiger partial charge in [0.25, 0.3) is 5.91 Å². The van der Waals surface area contributed by atoms with Crippen LogP contribution in [0.2, 0.25) is 0 Å². The number of hydrogen-bond donors (Lipinski definition) is 1. The maximum atomic E-state index is 14.0. The van der Waals surface area contributed by atoms with Crippen LogP contribution in [-0.4, -0.2) is 36.1 Å². The molecule has 0 heterocycles. The quantitative estimate of drug-likeness (QED) is 0.643. The molecule has 0 spiro atoms. The predicted octanol–water partition coefficient (Wildman–Crippen LogP) is 5.28. The zero-order valence-corrected chi connectivity index (χ0v) is 13.7. The molecule has 1 N–H and O–H groups in total. The van der Waals surface area contributed by atoms with Gasteiger partial charge in [0.2, 0.25) is 0 Å². The highest BCUT2D eigenvalue weighted by Gasteiger charge is 2.79. The molecule has 1 aromatic carbocycles. The molecule has 0 aliphatic rings. The maximum absolute atomic E-state index is 14.0. The number of benzene rings is 1. The highest BCUT2D eigenvalue weighted by molar-refractivity contribution is 5.97. The maximum Gasteiger partial charge on any atom is 0.462 e. The minimum atomic E-state index is -7.23. The minimum absolute atomic E-state index is 0.337. The van der Waals surface area contributed by atoms with Gasteiger partial charge in [-0.15, -0.1) is 0 Å². The number of rotatable bonds is 5. The average Bonchev–Trinajstić information content (AvgIpc) is 2.48. The van der Waals surface area contributed by atoms with E-state index in [-0.39, 0.29) is 0 Å². The van der Waals surface area contributed by atoms with E-state index in [4.69, 9.17) is 0 Å². The Bertz CT molecular complexity index is 742. The van der Waals surface area contributed by atoms with Gasteiger partial charge in [0, 0.05) is 5.69 Å². The number of carbonyl (C=O) groups is 1. The fourth-order valence-electron chi connectivity index (χ4n) is 1.67. The van der Waals surface area contributed by atoms with E-state index in [1.54, 1.807) is 0 Å². The lowest BCUT2D eigenvalue weighted by molar-refractivity contribution is -0.472. The summed E-state index contributed by atoms with van der Waals surface area (Å²) in [6.45, 7) is 2.92. The van der Waals surface area contributed by atoms with Crippen LogP contribution in [0.15, 0.2) is 18.2 Å². The van der Waals surface area contributed by atoms with E-state index in [0.29, 0.717) is 11.1 Å². The first kappa shape index (κ1) is 23.9. The molecule has 14 heteroatoms. The predicted molar refractivity (Wildman–Crippen MR) is 71.5 cm³/mol. The van der Waals surface area contributed by atoms with Gasteiger partial charge in [0.1, 0.15) is 0 Å². The van der Waals surface area contributed by atoms with Crippen LogP contribution in [0, 0.1) is 13.8 Å². The summed E-state index contributed by atoms with van der Waals surface area (Å²) < 4.78 is 142. The highest BCUT2D eigenvalue weighted by atomic mass is 19.4. The van der Waals surface area contributed by atoms with E-state index in [1.165, 1.54) is 19.9 Å². The minimum Gasteiger partial charge on any atom is -0.321 e. The van der Waals surface area contributed by atoms with Gasteiger partial charge in [0.05, 0.1) is 0 Å². The Labute approximate surface area is 149 Å². The summed E-state index contributed by atoms with van der Waals surface area (Å²) in [6, 6.07) is 3.08. The van der Waals surface area contributed by atoms with Gasteiger partial charge in [-0.2, -0.15) is 48.3 Å². The van der Waals surface area contributed by atoms with Crippen LogP contribution < -0.4 is 5.32 Å². The summed E-state index contributed by atoms with van der Waals surface area (Å²) >= 11 is 0. The third-order valence-corrected chi connectivity index (χ3v) is 3.41. The average molecular weight is 433 g/mol. The van der Waals surface area contributed by atoms with Crippen molar-refractivity contribution in [2.75, 3.05) is 5.32 Å². The highest BCUT2D eigenvalue weighted by Crippen LogP contribution is 2.51. The molecule has 0 saturated heterocycles. The van der Waals surface area contributed by atoms with Crippen LogP contribution in [0.5, 0.6) is 0 Å². The van der Waals surface area contributed by atoms with Gasteiger partial charge in [-0.25, -0.2) is 0 Å². The van der Waals surface area contributed by atoms with Crippen molar-refractivity contribution in [3.63, 3.8) is 0 Å². The number of halogens is 11. The van der Waals surface area contributed by atoms with Crippen LogP contribution in [0.25, 0.3) is 0 Å². The Morgan fingerprint density at radius 2 is 1.32 bits per heavy atom. The molecule has 28 heavy (non-hydrogen) atoms. The third kappa shape index (κ3) is 4.31. The second-order valence-corrected chi connectivity index (χ2v) is 5.54. The van der Waals surface area contributed by atoms with Crippen molar-refractivity contribution < 1.29 is 57.8 Å². The molecule has 160 valence electrons. The first-order chi connectivity index (χ1) is 12.3. The van der Waals surface area contributed by atoms with Crippen molar-refractivity contribution in [1.29, 1.82) is 0 Å². The zero-order chi connectivity index (χ0) is 22.3. The van der Waals surface area contributed by atoms with Crippen molar-refractivity contribution in [2.24, 2.45) is 0 Å². The zero-order valence-electron chi connectivity index (χ0n) is 13.7. The van der Waals surface area contributed by atoms with Gasteiger partial charge in [-0.1, -0.05) is 6.07 Å². The number of nitrogens with one attached hydrogen (secondary N) is 1. The van der Waals surface area contributed by atoms with Crippen LogP contribution in [0.1, 0.15) is 11.1 Å². The summed E-state index contributed by atoms with van der Waals surface area (Å²) in [6.07, 6.45) is -20.9. The number of alkyl halides is 11. The van der Waals surface area contributed by atoms with Gasteiger partial charge in [-0.05, 0) is 37.1 Å². The van der Waals surface area contributed by atoms with Crippen LogP contribution in [0.4, 0.5) is 54.0 Å². The van der Waals surface area contributed by atoms with Crippen molar-refractivity contribution in [1.82, 2.24) is 0 Å². The monoisotopic (exact) mass is 433 g/mol. The second-order valence-electron chi connectivity index (χ2n) is 5.54. The fraction of sp³-hybridized carbons (Fsp3) is 0.500. The third-order valence-electron chi connectivity index (χ3n) is 3.41. The van der Waals surface area contributed by atoms with E-state index in [1.807, 2.05) is 0 Å². The summed E-state index contributed by atoms with van der Waals surface area (Å²) in [4.78, 5) is 11.5. The molecule has 0 aliphatic heterocycles. The summed E-state index contributed by atoms with van der Waals surface area (Å²) in [5.74, 6) is -16.5. The first-order valence-electron chi connectivity index (χ1n) is 6.93. The lowest BCUT2D eigenvalue weighted by atomic mass is 10.1. The molecule has 1 atom stereocenters. The Morgan fingerprint density at radius 3 is 1.71 bits per heavy atom. The van der Waals surface area contributed by atoms with Gasteiger partial charge < -0.3 is 5.32 Å². The number of anilines is 1. The number of amides is 1. The lowest BCUT2D eigenvalue weighted by Gasteiger charge is -2.34. The molecule has 0 bridgehead atoms. The normalized spacial score (nSPS) is 15.9. The molecule has 1 rings (SSSR count). The number of aryl methyl sites for hydroxylation is 2. The van der Waals surface area contributed by atoms with Crippen LogP contribution in [0.3, 0.4) is 0 Å². The molecule has 0 aromatic heterocycles. The van der Waals surface area contributed by atoms with Crippen molar-refractivity contribution in [3.8, 4) is 0 Å².